The average Bonchev–Trinajstić information content (AvgIpc) is 3.76. The van der Waals surface area contributed by atoms with Gasteiger partial charge in [0.15, 0.2) is 17.5 Å². The fourth-order valence-electron chi connectivity index (χ4n) is 9.29. The summed E-state index contributed by atoms with van der Waals surface area (Å²) in [6.45, 7) is 0. The second kappa shape index (κ2) is 12.2. The average molecular weight is 729 g/mol. The molecular formula is C52H32N4O. The zero-order valence-electron chi connectivity index (χ0n) is 30.7. The first-order chi connectivity index (χ1) is 28.3. The molecule has 5 heteroatoms. The molecule has 0 saturated carbocycles. The molecule has 1 aliphatic carbocycles. The molecule has 3 heterocycles. The Morgan fingerprint density at radius 3 is 1.51 bits per heavy atom. The highest BCUT2D eigenvalue weighted by Crippen LogP contribution is 2.62. The summed E-state index contributed by atoms with van der Waals surface area (Å²) in [5.41, 5.74) is 13.0. The van der Waals surface area contributed by atoms with E-state index in [1.165, 1.54) is 33.0 Å². The maximum Gasteiger partial charge on any atom is 0.164 e. The molecule has 0 fully saturated rings. The van der Waals surface area contributed by atoms with Gasteiger partial charge in [-0.2, -0.15) is 0 Å². The van der Waals surface area contributed by atoms with E-state index in [9.17, 15) is 0 Å². The summed E-state index contributed by atoms with van der Waals surface area (Å²) in [4.78, 5) is 14.9. The molecule has 0 N–H and O–H groups in total. The van der Waals surface area contributed by atoms with Crippen LogP contribution in [0.15, 0.2) is 194 Å². The van der Waals surface area contributed by atoms with Gasteiger partial charge in [-0.25, -0.2) is 15.0 Å². The van der Waals surface area contributed by atoms with Gasteiger partial charge in [0.2, 0.25) is 0 Å². The Morgan fingerprint density at radius 1 is 0.368 bits per heavy atom. The fraction of sp³-hybridized carbons (Fsp3) is 0.0192. The van der Waals surface area contributed by atoms with Crippen molar-refractivity contribution < 1.29 is 4.74 Å². The minimum atomic E-state index is -0.553. The molecule has 5 nitrogen and oxygen atoms in total. The van der Waals surface area contributed by atoms with Crippen molar-refractivity contribution in [2.45, 2.75) is 5.41 Å². The molecule has 1 spiro atoms. The lowest BCUT2D eigenvalue weighted by molar-refractivity contribution is 0.436. The Kier molecular flexibility index (Phi) is 6.78. The summed E-state index contributed by atoms with van der Waals surface area (Å²) in [7, 11) is 0. The maximum absolute atomic E-state index is 6.62. The van der Waals surface area contributed by atoms with Gasteiger partial charge in [-0.05, 0) is 76.9 Å². The number of ether oxygens (including phenoxy) is 1. The molecule has 0 saturated heterocycles. The van der Waals surface area contributed by atoms with E-state index in [2.05, 4.69) is 138 Å². The summed E-state index contributed by atoms with van der Waals surface area (Å²) in [5, 5.41) is 2.43. The van der Waals surface area contributed by atoms with Gasteiger partial charge in [0, 0.05) is 44.3 Å². The van der Waals surface area contributed by atoms with E-state index in [0.29, 0.717) is 17.5 Å². The van der Waals surface area contributed by atoms with Gasteiger partial charge in [0.25, 0.3) is 0 Å². The number of nitrogens with zero attached hydrogens (tertiary/aromatic N) is 4. The molecule has 10 aromatic rings. The Balaban J connectivity index is 1.07. The van der Waals surface area contributed by atoms with E-state index in [0.717, 1.165) is 56.0 Å². The van der Waals surface area contributed by atoms with Crippen LogP contribution in [-0.2, 0) is 5.41 Å². The van der Waals surface area contributed by atoms with Crippen molar-refractivity contribution >= 4 is 21.8 Å². The van der Waals surface area contributed by atoms with Gasteiger partial charge in [0.05, 0.1) is 16.4 Å². The number of hydrogen-bond acceptors (Lipinski definition) is 4. The van der Waals surface area contributed by atoms with Crippen LogP contribution in [0.25, 0.3) is 72.8 Å². The molecule has 2 aliphatic rings. The van der Waals surface area contributed by atoms with Crippen molar-refractivity contribution in [2.24, 2.45) is 0 Å². The van der Waals surface area contributed by atoms with Crippen molar-refractivity contribution in [3.63, 3.8) is 0 Å². The van der Waals surface area contributed by atoms with Crippen molar-refractivity contribution in [3.05, 3.63) is 216 Å². The number of rotatable bonds is 4. The molecular weight excluding hydrogens is 697 g/mol. The van der Waals surface area contributed by atoms with Gasteiger partial charge in [-0.1, -0.05) is 140 Å². The Morgan fingerprint density at radius 2 is 0.877 bits per heavy atom. The predicted octanol–water partition coefficient (Wildman–Crippen LogP) is 12.4. The zero-order chi connectivity index (χ0) is 37.5. The predicted molar refractivity (Wildman–Crippen MR) is 228 cm³/mol. The van der Waals surface area contributed by atoms with E-state index in [1.54, 1.807) is 0 Å². The quantitative estimate of drug-likeness (QED) is 0.181. The molecule has 0 radical (unpaired) electrons. The molecule has 12 rings (SSSR count). The minimum absolute atomic E-state index is 0.553. The van der Waals surface area contributed by atoms with Crippen LogP contribution in [0.5, 0.6) is 11.5 Å². The summed E-state index contributed by atoms with van der Waals surface area (Å²) >= 11 is 0. The van der Waals surface area contributed by atoms with Crippen molar-refractivity contribution in [1.29, 1.82) is 0 Å². The first kappa shape index (κ1) is 31.7. The number of aromatic nitrogens is 4. The van der Waals surface area contributed by atoms with Crippen LogP contribution in [0.4, 0.5) is 0 Å². The summed E-state index contributed by atoms with van der Waals surface area (Å²) in [6.07, 6.45) is 0. The number of para-hydroxylation sites is 3. The Labute approximate surface area is 329 Å². The van der Waals surface area contributed by atoms with Gasteiger partial charge >= 0.3 is 0 Å². The van der Waals surface area contributed by atoms with Crippen molar-refractivity contribution in [2.75, 3.05) is 0 Å². The highest BCUT2D eigenvalue weighted by Gasteiger charge is 2.51. The first-order valence-electron chi connectivity index (χ1n) is 19.3. The first-order valence-corrected chi connectivity index (χ1v) is 19.3. The lowest BCUT2D eigenvalue weighted by Gasteiger charge is -2.39. The number of hydrogen-bond donors (Lipinski definition) is 0. The SMILES string of the molecule is c1ccc(-c2nc(-c3ccccc3)nc(-c3ccc(-n4c5ccccc5c5cc6c(cc54)C4(c5ccccc5Oc5ccccc54)c4ccccc4-6)cc3)n2)cc1. The van der Waals surface area contributed by atoms with Crippen LogP contribution < -0.4 is 4.74 Å². The van der Waals surface area contributed by atoms with Crippen LogP contribution in [-0.4, -0.2) is 19.5 Å². The molecule has 57 heavy (non-hydrogen) atoms. The molecule has 0 amide bonds. The molecule has 266 valence electrons. The van der Waals surface area contributed by atoms with E-state index in [-0.39, 0.29) is 0 Å². The third kappa shape index (κ3) is 4.60. The third-order valence-electron chi connectivity index (χ3n) is 11.7. The van der Waals surface area contributed by atoms with E-state index >= 15 is 0 Å². The largest absolute Gasteiger partial charge is 0.457 e. The summed E-state index contributed by atoms with van der Waals surface area (Å²) < 4.78 is 9.02. The van der Waals surface area contributed by atoms with E-state index in [4.69, 9.17) is 19.7 Å². The standard InChI is InChI=1S/C52H32N4O/c1-3-15-33(16-4-1)49-53-50(34-17-5-2-6-18-34)55-51(54-49)35-27-29-36(30-28-35)56-45-24-12-8-20-38(45)40-31-39-37-19-7-9-21-41(37)52(44(39)32-46(40)56)42-22-10-13-25-47(42)57-48-26-14-11-23-43(48)52/h1-32H. The number of fused-ring (bicyclic) bond motifs is 12. The van der Waals surface area contributed by atoms with Gasteiger partial charge < -0.3 is 9.30 Å². The fourth-order valence-corrected chi connectivity index (χ4v) is 9.29. The van der Waals surface area contributed by atoms with Crippen LogP contribution in [0.2, 0.25) is 0 Å². The minimum Gasteiger partial charge on any atom is -0.457 e. The third-order valence-corrected chi connectivity index (χ3v) is 11.7. The van der Waals surface area contributed by atoms with E-state index in [1.807, 2.05) is 60.7 Å². The van der Waals surface area contributed by atoms with Gasteiger partial charge in [0.1, 0.15) is 11.5 Å². The van der Waals surface area contributed by atoms with Crippen LogP contribution in [0, 0.1) is 0 Å². The Bertz CT molecular complexity index is 3100. The monoisotopic (exact) mass is 728 g/mol. The highest BCUT2D eigenvalue weighted by molar-refractivity contribution is 6.12. The second-order valence-corrected chi connectivity index (χ2v) is 14.7. The van der Waals surface area contributed by atoms with Crippen LogP contribution in [0.1, 0.15) is 22.3 Å². The molecule has 8 aromatic carbocycles. The molecule has 2 aromatic heterocycles. The molecule has 1 aliphatic heterocycles. The summed E-state index contributed by atoms with van der Waals surface area (Å²) in [5.74, 6) is 3.70. The van der Waals surface area contributed by atoms with E-state index < -0.39 is 5.41 Å². The topological polar surface area (TPSA) is 52.8 Å². The smallest absolute Gasteiger partial charge is 0.164 e. The number of benzene rings is 8. The zero-order valence-corrected chi connectivity index (χ0v) is 30.7. The Hall–Kier alpha value is -7.63. The highest BCUT2D eigenvalue weighted by atomic mass is 16.5. The maximum atomic E-state index is 6.62. The van der Waals surface area contributed by atoms with Crippen molar-refractivity contribution in [1.82, 2.24) is 19.5 Å². The van der Waals surface area contributed by atoms with Gasteiger partial charge in [-0.15, -0.1) is 0 Å². The lowest BCUT2D eigenvalue weighted by atomic mass is 9.66. The van der Waals surface area contributed by atoms with Gasteiger partial charge in [-0.3, -0.25) is 0 Å². The van der Waals surface area contributed by atoms with Crippen LogP contribution >= 0.6 is 0 Å². The molecule has 0 atom stereocenters. The van der Waals surface area contributed by atoms with Crippen LogP contribution in [0.3, 0.4) is 0 Å². The molecule has 0 bridgehead atoms. The summed E-state index contributed by atoms with van der Waals surface area (Å²) in [6, 6.07) is 68.4. The van der Waals surface area contributed by atoms with Crippen molar-refractivity contribution in [3.8, 4) is 62.5 Å². The molecule has 0 unspecified atom stereocenters. The lowest BCUT2D eigenvalue weighted by Crippen LogP contribution is -2.32. The normalized spacial score (nSPS) is 13.2. The second-order valence-electron chi connectivity index (χ2n) is 14.7.